The smallest absolute Gasteiger partial charge is 0.257 e. The summed E-state index contributed by atoms with van der Waals surface area (Å²) in [5, 5.41) is 18.5. The van der Waals surface area contributed by atoms with Gasteiger partial charge in [-0.05, 0) is 42.3 Å². The maximum atomic E-state index is 13.4. The number of hydrogen-bond acceptors (Lipinski definition) is 5. The number of rotatable bonds is 6. The number of carbonyl (C=O) groups is 2. The van der Waals surface area contributed by atoms with E-state index in [0.717, 1.165) is 17.3 Å². The highest BCUT2D eigenvalue weighted by Gasteiger charge is 2.20. The van der Waals surface area contributed by atoms with Gasteiger partial charge in [-0.2, -0.15) is 0 Å². The molecule has 2 aromatic carbocycles. The number of pyridine rings is 1. The zero-order chi connectivity index (χ0) is 21.7. The Morgan fingerprint density at radius 3 is 2.53 bits per heavy atom. The quantitative estimate of drug-likeness (QED) is 0.501. The molecule has 4 N–H and O–H groups in total. The lowest BCUT2D eigenvalue weighted by molar-refractivity contribution is -0.124. The van der Waals surface area contributed by atoms with Gasteiger partial charge in [0.25, 0.3) is 11.8 Å². The van der Waals surface area contributed by atoms with Crippen molar-refractivity contribution in [1.82, 2.24) is 10.3 Å². The number of anilines is 3. The second-order valence-corrected chi connectivity index (χ2v) is 6.59. The molecule has 0 saturated carbocycles. The Morgan fingerprint density at radius 2 is 1.83 bits per heavy atom. The largest absolute Gasteiger partial charge is 0.378 e. The molecule has 0 fully saturated rings. The van der Waals surface area contributed by atoms with E-state index < -0.39 is 17.8 Å². The van der Waals surface area contributed by atoms with Gasteiger partial charge in [0.1, 0.15) is 5.82 Å². The Bertz CT molecular complexity index is 1090. The van der Waals surface area contributed by atoms with E-state index in [1.165, 1.54) is 37.5 Å². The minimum absolute atomic E-state index is 0.108. The minimum Gasteiger partial charge on any atom is -0.378 e. The van der Waals surface area contributed by atoms with Crippen LogP contribution < -0.4 is 16.0 Å². The van der Waals surface area contributed by atoms with Gasteiger partial charge < -0.3 is 21.1 Å². The molecule has 7 nitrogen and oxygen atoms in total. The number of benzene rings is 2. The fraction of sp³-hybridized carbons (Fsp3) is 0.136. The average molecular weight is 408 g/mol. The SMILES string of the molecule is CNC(=O)c1cnc(Nc2ccccc2C)c(NC(=O)C(O)c2cccc(F)c2)c1. The third-order valence-corrected chi connectivity index (χ3v) is 4.45. The molecule has 0 saturated heterocycles. The second-order valence-electron chi connectivity index (χ2n) is 6.59. The number of nitrogens with one attached hydrogen (secondary N) is 3. The van der Waals surface area contributed by atoms with Crippen molar-refractivity contribution in [2.24, 2.45) is 0 Å². The molecule has 0 aliphatic rings. The van der Waals surface area contributed by atoms with Crippen LogP contribution in [-0.4, -0.2) is 29.0 Å². The van der Waals surface area contributed by atoms with Crippen LogP contribution in [0.15, 0.2) is 60.8 Å². The van der Waals surface area contributed by atoms with Crippen molar-refractivity contribution in [3.05, 3.63) is 83.3 Å². The number of aryl methyl sites for hydroxylation is 1. The Hall–Kier alpha value is -3.78. The van der Waals surface area contributed by atoms with Gasteiger partial charge in [0.05, 0.1) is 11.3 Å². The summed E-state index contributed by atoms with van der Waals surface area (Å²) < 4.78 is 13.4. The van der Waals surface area contributed by atoms with E-state index in [-0.39, 0.29) is 28.5 Å². The second kappa shape index (κ2) is 9.15. The van der Waals surface area contributed by atoms with Gasteiger partial charge in [0.15, 0.2) is 11.9 Å². The van der Waals surface area contributed by atoms with Gasteiger partial charge in [-0.25, -0.2) is 9.37 Å². The predicted octanol–water partition coefficient (Wildman–Crippen LogP) is 3.30. The van der Waals surface area contributed by atoms with E-state index in [9.17, 15) is 19.1 Å². The van der Waals surface area contributed by atoms with Crippen LogP contribution in [0.25, 0.3) is 0 Å². The normalized spacial score (nSPS) is 11.5. The highest BCUT2D eigenvalue weighted by Crippen LogP contribution is 2.27. The lowest BCUT2D eigenvalue weighted by Gasteiger charge is -2.17. The molecule has 0 aliphatic carbocycles. The lowest BCUT2D eigenvalue weighted by atomic mass is 10.1. The number of aromatic nitrogens is 1. The Balaban J connectivity index is 1.92. The molecule has 30 heavy (non-hydrogen) atoms. The van der Waals surface area contributed by atoms with E-state index in [0.29, 0.717) is 0 Å². The number of hydrogen-bond donors (Lipinski definition) is 4. The summed E-state index contributed by atoms with van der Waals surface area (Å²) >= 11 is 0. The van der Waals surface area contributed by atoms with E-state index in [1.807, 2.05) is 31.2 Å². The first-order valence-electron chi connectivity index (χ1n) is 9.18. The Morgan fingerprint density at radius 1 is 1.07 bits per heavy atom. The summed E-state index contributed by atoms with van der Waals surface area (Å²) in [7, 11) is 1.48. The van der Waals surface area contributed by atoms with Gasteiger partial charge in [0.2, 0.25) is 0 Å². The molecule has 0 spiro atoms. The highest BCUT2D eigenvalue weighted by molar-refractivity contribution is 6.00. The topological polar surface area (TPSA) is 103 Å². The third-order valence-electron chi connectivity index (χ3n) is 4.45. The molecule has 1 atom stereocenters. The van der Waals surface area contributed by atoms with Crippen molar-refractivity contribution < 1.29 is 19.1 Å². The van der Waals surface area contributed by atoms with Crippen LogP contribution in [0, 0.1) is 12.7 Å². The van der Waals surface area contributed by atoms with Crippen LogP contribution in [0.5, 0.6) is 0 Å². The number of para-hydroxylation sites is 1. The van der Waals surface area contributed by atoms with Crippen LogP contribution in [0.4, 0.5) is 21.6 Å². The summed E-state index contributed by atoms with van der Waals surface area (Å²) in [6.07, 6.45) is -0.228. The van der Waals surface area contributed by atoms with E-state index in [4.69, 9.17) is 0 Å². The first kappa shape index (κ1) is 20.9. The molecular weight excluding hydrogens is 387 g/mol. The molecule has 1 unspecified atom stereocenters. The highest BCUT2D eigenvalue weighted by atomic mass is 19.1. The van der Waals surface area contributed by atoms with E-state index >= 15 is 0 Å². The van der Waals surface area contributed by atoms with Gasteiger partial charge >= 0.3 is 0 Å². The zero-order valence-corrected chi connectivity index (χ0v) is 16.4. The first-order chi connectivity index (χ1) is 14.4. The molecule has 8 heteroatoms. The van der Waals surface area contributed by atoms with Crippen molar-refractivity contribution in [1.29, 1.82) is 0 Å². The maximum absolute atomic E-state index is 13.4. The van der Waals surface area contributed by atoms with Crippen LogP contribution in [-0.2, 0) is 4.79 Å². The van der Waals surface area contributed by atoms with E-state index in [2.05, 4.69) is 20.9 Å². The monoisotopic (exact) mass is 408 g/mol. The predicted molar refractivity (Wildman–Crippen MR) is 112 cm³/mol. The van der Waals surface area contributed by atoms with Gasteiger partial charge in [-0.3, -0.25) is 9.59 Å². The van der Waals surface area contributed by atoms with Crippen LogP contribution >= 0.6 is 0 Å². The van der Waals surface area contributed by atoms with Gasteiger partial charge in [-0.1, -0.05) is 30.3 Å². The van der Waals surface area contributed by atoms with E-state index in [1.54, 1.807) is 0 Å². The fourth-order valence-corrected chi connectivity index (χ4v) is 2.80. The molecule has 2 amide bonds. The summed E-state index contributed by atoms with van der Waals surface area (Å²) in [6, 6.07) is 14.1. The number of carbonyl (C=O) groups excluding carboxylic acids is 2. The lowest BCUT2D eigenvalue weighted by Crippen LogP contribution is -2.23. The zero-order valence-electron chi connectivity index (χ0n) is 16.4. The summed E-state index contributed by atoms with van der Waals surface area (Å²) in [6.45, 7) is 1.91. The molecule has 3 aromatic rings. The molecule has 0 bridgehead atoms. The van der Waals surface area contributed by atoms with Gasteiger partial charge in [-0.15, -0.1) is 0 Å². The number of halogens is 1. The molecule has 0 aliphatic heterocycles. The number of amides is 2. The van der Waals surface area contributed by atoms with Crippen molar-refractivity contribution in [2.45, 2.75) is 13.0 Å². The third kappa shape index (κ3) is 4.79. The summed E-state index contributed by atoms with van der Waals surface area (Å²) in [4.78, 5) is 28.9. The molecule has 154 valence electrons. The summed E-state index contributed by atoms with van der Waals surface area (Å²) in [5.41, 5.74) is 2.24. The molecular formula is C22H21FN4O3. The Kier molecular flexibility index (Phi) is 6.38. The molecule has 3 rings (SSSR count). The maximum Gasteiger partial charge on any atom is 0.257 e. The number of aliphatic hydroxyl groups is 1. The van der Waals surface area contributed by atoms with Crippen LogP contribution in [0.1, 0.15) is 27.6 Å². The minimum atomic E-state index is -1.60. The van der Waals surface area contributed by atoms with Crippen molar-refractivity contribution in [3.8, 4) is 0 Å². The van der Waals surface area contributed by atoms with Crippen molar-refractivity contribution in [3.63, 3.8) is 0 Å². The Labute approximate surface area is 173 Å². The van der Waals surface area contributed by atoms with Crippen LogP contribution in [0.3, 0.4) is 0 Å². The fourth-order valence-electron chi connectivity index (χ4n) is 2.80. The molecule has 1 aromatic heterocycles. The number of nitrogens with zero attached hydrogens (tertiary/aromatic N) is 1. The first-order valence-corrected chi connectivity index (χ1v) is 9.18. The molecule has 1 heterocycles. The molecule has 0 radical (unpaired) electrons. The van der Waals surface area contributed by atoms with Crippen molar-refractivity contribution >= 4 is 29.0 Å². The van der Waals surface area contributed by atoms with Crippen molar-refractivity contribution in [2.75, 3.05) is 17.7 Å². The standard InChI is InChI=1S/C22H21FN4O3/c1-13-6-3-4-9-17(13)26-20-18(11-15(12-25-20)21(29)24-2)27-22(30)19(28)14-7-5-8-16(23)10-14/h3-12,19,28H,1-2H3,(H,24,29)(H,25,26)(H,27,30). The van der Waals surface area contributed by atoms with Gasteiger partial charge in [0, 0.05) is 18.9 Å². The average Bonchev–Trinajstić information content (AvgIpc) is 2.75. The number of aliphatic hydroxyl groups excluding tert-OH is 1. The van der Waals surface area contributed by atoms with Crippen LogP contribution in [0.2, 0.25) is 0 Å². The summed E-state index contributed by atoms with van der Waals surface area (Å²) in [5.74, 6) is -1.45.